The summed E-state index contributed by atoms with van der Waals surface area (Å²) in [7, 11) is 0. The molecule has 3 amide bonds. The Morgan fingerprint density at radius 3 is 2.05 bits per heavy atom. The number of carbonyl (C=O) groups excluding carboxylic acids is 3. The average Bonchev–Trinajstić information content (AvgIpc) is 2.90. The van der Waals surface area contributed by atoms with Crippen molar-refractivity contribution in [2.45, 2.75) is 57.7 Å². The van der Waals surface area contributed by atoms with Crippen molar-refractivity contribution in [3.8, 4) is 0 Å². The number of amides is 3. The van der Waals surface area contributed by atoms with E-state index >= 15 is 0 Å². The van der Waals surface area contributed by atoms with E-state index in [1.54, 1.807) is 0 Å². The zero-order valence-electron chi connectivity index (χ0n) is 22.0. The molecule has 0 saturated carbocycles. The molecule has 0 aliphatic carbocycles. The van der Waals surface area contributed by atoms with Crippen molar-refractivity contribution in [3.05, 3.63) is 71.3 Å². The Balaban J connectivity index is 2.03. The van der Waals surface area contributed by atoms with Gasteiger partial charge in [0.25, 0.3) is 0 Å². The Kier molecular flexibility index (Phi) is 12.8. The summed E-state index contributed by atoms with van der Waals surface area (Å²) < 4.78 is 0. The minimum absolute atomic E-state index is 0.193. The number of aryl methyl sites for hydroxylation is 1. The maximum absolute atomic E-state index is 13.1. The highest BCUT2D eigenvalue weighted by Gasteiger charge is 2.26. The van der Waals surface area contributed by atoms with Gasteiger partial charge in [0, 0.05) is 32.7 Å². The van der Waals surface area contributed by atoms with E-state index in [0.29, 0.717) is 38.4 Å². The lowest BCUT2D eigenvalue weighted by Gasteiger charge is -2.24. The highest BCUT2D eigenvalue weighted by atomic mass is 16.2. The molecule has 8 N–H and O–H groups in total. The lowest BCUT2D eigenvalue weighted by Crippen LogP contribution is -2.53. The molecule has 0 spiro atoms. The minimum Gasteiger partial charge on any atom is -0.350 e. The number of benzene rings is 2. The summed E-state index contributed by atoms with van der Waals surface area (Å²) in [6.07, 6.45) is 0.791. The normalized spacial score (nSPS) is 12.6. The molecule has 37 heavy (non-hydrogen) atoms. The van der Waals surface area contributed by atoms with Gasteiger partial charge in [0.2, 0.25) is 17.7 Å². The third-order valence-corrected chi connectivity index (χ3v) is 6.19. The smallest absolute Gasteiger partial charge is 0.242 e. The van der Waals surface area contributed by atoms with Crippen LogP contribution in [0.2, 0.25) is 0 Å². The van der Waals surface area contributed by atoms with Gasteiger partial charge in [-0.3, -0.25) is 14.4 Å². The number of nitrogens with one attached hydrogen (secondary N) is 2. The van der Waals surface area contributed by atoms with Crippen molar-refractivity contribution < 1.29 is 14.4 Å². The number of rotatable bonds is 15. The standard InChI is InChI=1S/C28H42N6O3/c1-20(2)23-11-8-22(9-12-23)19-32-28(37)25(13-10-21-6-4-3-5-7-21)33-27(36)24(31)18-26(35)34(16-14-29)17-15-30/h3-9,11-12,20,24-25H,10,13-19,29-31H2,1-2H3,(H,32,37)(H,33,36)/t24-,25-/m0/s1. The number of hydrogen-bond donors (Lipinski definition) is 5. The topological polar surface area (TPSA) is 157 Å². The van der Waals surface area contributed by atoms with E-state index in [9.17, 15) is 14.4 Å². The Bertz CT molecular complexity index is 975. The average molecular weight is 511 g/mol. The van der Waals surface area contributed by atoms with Crippen molar-refractivity contribution >= 4 is 17.7 Å². The van der Waals surface area contributed by atoms with Gasteiger partial charge in [0.05, 0.1) is 12.5 Å². The highest BCUT2D eigenvalue weighted by molar-refractivity contribution is 5.92. The predicted octanol–water partition coefficient (Wildman–Crippen LogP) is 1.01. The summed E-state index contributed by atoms with van der Waals surface area (Å²) >= 11 is 0. The molecule has 0 aromatic heterocycles. The minimum atomic E-state index is -1.10. The van der Waals surface area contributed by atoms with Gasteiger partial charge in [-0.15, -0.1) is 0 Å². The summed E-state index contributed by atoms with van der Waals surface area (Å²) in [5.41, 5.74) is 20.4. The largest absolute Gasteiger partial charge is 0.350 e. The van der Waals surface area contributed by atoms with Gasteiger partial charge in [-0.2, -0.15) is 0 Å². The molecule has 0 fully saturated rings. The molecule has 0 saturated heterocycles. The highest BCUT2D eigenvalue weighted by Crippen LogP contribution is 2.14. The first-order valence-electron chi connectivity index (χ1n) is 12.9. The van der Waals surface area contributed by atoms with Crippen LogP contribution in [0.3, 0.4) is 0 Å². The maximum atomic E-state index is 13.1. The van der Waals surface area contributed by atoms with E-state index in [4.69, 9.17) is 17.2 Å². The summed E-state index contributed by atoms with van der Waals surface area (Å²) in [5.74, 6) is -0.726. The Hall–Kier alpha value is -3.27. The lowest BCUT2D eigenvalue weighted by molar-refractivity contribution is -0.135. The fourth-order valence-corrected chi connectivity index (χ4v) is 3.92. The second-order valence-electron chi connectivity index (χ2n) is 9.47. The number of nitrogens with zero attached hydrogens (tertiary/aromatic N) is 1. The van der Waals surface area contributed by atoms with E-state index in [1.165, 1.54) is 10.5 Å². The molecule has 0 aliphatic heterocycles. The zero-order chi connectivity index (χ0) is 27.2. The molecular weight excluding hydrogens is 468 g/mol. The van der Waals surface area contributed by atoms with Crippen LogP contribution in [0.25, 0.3) is 0 Å². The van der Waals surface area contributed by atoms with Crippen LogP contribution in [0.4, 0.5) is 0 Å². The fourth-order valence-electron chi connectivity index (χ4n) is 3.92. The van der Waals surface area contributed by atoms with Crippen LogP contribution in [0, 0.1) is 0 Å². The molecule has 2 atom stereocenters. The number of nitrogens with two attached hydrogens (primary N) is 3. The quantitative estimate of drug-likeness (QED) is 0.241. The van der Waals surface area contributed by atoms with E-state index in [-0.39, 0.29) is 31.3 Å². The SMILES string of the molecule is CC(C)c1ccc(CNC(=O)[C@H](CCc2ccccc2)NC(=O)[C@@H](N)CC(=O)N(CCN)CCN)cc1. The zero-order valence-corrected chi connectivity index (χ0v) is 22.0. The van der Waals surface area contributed by atoms with Gasteiger partial charge < -0.3 is 32.7 Å². The first-order chi connectivity index (χ1) is 17.7. The third kappa shape index (κ3) is 10.3. The number of carbonyl (C=O) groups is 3. The van der Waals surface area contributed by atoms with Crippen LogP contribution in [-0.2, 0) is 27.3 Å². The van der Waals surface area contributed by atoms with Gasteiger partial charge >= 0.3 is 0 Å². The fraction of sp³-hybridized carbons (Fsp3) is 0.464. The Labute approximate surface area is 220 Å². The van der Waals surface area contributed by atoms with Crippen molar-refractivity contribution in [1.29, 1.82) is 0 Å². The second kappa shape index (κ2) is 15.8. The molecule has 2 aromatic carbocycles. The van der Waals surface area contributed by atoms with E-state index in [2.05, 4.69) is 36.6 Å². The summed E-state index contributed by atoms with van der Waals surface area (Å²) in [6, 6.07) is 15.9. The molecular formula is C28H42N6O3. The summed E-state index contributed by atoms with van der Waals surface area (Å²) in [5, 5.41) is 5.68. The molecule has 9 heteroatoms. The Morgan fingerprint density at radius 1 is 0.865 bits per heavy atom. The van der Waals surface area contributed by atoms with E-state index in [1.807, 2.05) is 42.5 Å². The van der Waals surface area contributed by atoms with Gasteiger partial charge in [-0.05, 0) is 35.4 Å². The molecule has 0 heterocycles. The van der Waals surface area contributed by atoms with Crippen LogP contribution in [-0.4, -0.2) is 60.9 Å². The molecule has 0 aliphatic rings. The molecule has 0 unspecified atom stereocenters. The molecule has 202 valence electrons. The van der Waals surface area contributed by atoms with E-state index in [0.717, 1.165) is 11.1 Å². The van der Waals surface area contributed by atoms with Gasteiger partial charge in [0.15, 0.2) is 0 Å². The van der Waals surface area contributed by atoms with Crippen LogP contribution >= 0.6 is 0 Å². The molecule has 0 radical (unpaired) electrons. The first-order valence-corrected chi connectivity index (χ1v) is 12.9. The Morgan fingerprint density at radius 2 is 1.49 bits per heavy atom. The van der Waals surface area contributed by atoms with Crippen molar-refractivity contribution in [2.24, 2.45) is 17.2 Å². The second-order valence-corrected chi connectivity index (χ2v) is 9.47. The van der Waals surface area contributed by atoms with Gasteiger partial charge in [-0.25, -0.2) is 0 Å². The van der Waals surface area contributed by atoms with Crippen LogP contribution < -0.4 is 27.8 Å². The van der Waals surface area contributed by atoms with Crippen molar-refractivity contribution in [2.75, 3.05) is 26.2 Å². The summed E-state index contributed by atoms with van der Waals surface area (Å²) in [4.78, 5) is 40.1. The van der Waals surface area contributed by atoms with Gasteiger partial charge in [0.1, 0.15) is 6.04 Å². The monoisotopic (exact) mass is 510 g/mol. The van der Waals surface area contributed by atoms with Gasteiger partial charge in [-0.1, -0.05) is 68.4 Å². The maximum Gasteiger partial charge on any atom is 0.242 e. The molecule has 9 nitrogen and oxygen atoms in total. The molecule has 2 aromatic rings. The summed E-state index contributed by atoms with van der Waals surface area (Å²) in [6.45, 7) is 5.85. The number of hydrogen-bond acceptors (Lipinski definition) is 6. The van der Waals surface area contributed by atoms with Crippen LogP contribution in [0.5, 0.6) is 0 Å². The first kappa shape index (κ1) is 30.0. The third-order valence-electron chi connectivity index (χ3n) is 6.19. The van der Waals surface area contributed by atoms with Crippen LogP contribution in [0.15, 0.2) is 54.6 Å². The predicted molar refractivity (Wildman–Crippen MR) is 146 cm³/mol. The molecule has 2 rings (SSSR count). The van der Waals surface area contributed by atoms with E-state index < -0.39 is 18.0 Å². The van der Waals surface area contributed by atoms with Crippen molar-refractivity contribution in [1.82, 2.24) is 15.5 Å². The van der Waals surface area contributed by atoms with Crippen molar-refractivity contribution in [3.63, 3.8) is 0 Å². The van der Waals surface area contributed by atoms with Crippen LogP contribution in [0.1, 0.15) is 49.3 Å². The molecule has 0 bridgehead atoms. The lowest BCUT2D eigenvalue weighted by atomic mass is 10.0.